The molecule has 1 heterocycles. The second-order valence-corrected chi connectivity index (χ2v) is 11.1. The first-order valence-electron chi connectivity index (χ1n) is 12.6. The summed E-state index contributed by atoms with van der Waals surface area (Å²) in [5.74, 6) is 1.33. The van der Waals surface area contributed by atoms with Gasteiger partial charge in [0.1, 0.15) is 6.10 Å². The van der Waals surface area contributed by atoms with Gasteiger partial charge in [-0.3, -0.25) is 14.6 Å². The van der Waals surface area contributed by atoms with E-state index in [2.05, 4.69) is 37.0 Å². The number of carbonyl (C=O) groups is 2. The Bertz CT molecular complexity index is 1000. The van der Waals surface area contributed by atoms with Crippen molar-refractivity contribution in [2.45, 2.75) is 77.7 Å². The number of hydrogen-bond acceptors (Lipinski definition) is 4. The second-order valence-electron chi connectivity index (χ2n) is 11.1. The van der Waals surface area contributed by atoms with Crippen LogP contribution in [0, 0.1) is 28.6 Å². The van der Waals surface area contributed by atoms with Crippen LogP contribution >= 0.6 is 0 Å². The molecule has 4 aliphatic rings. The number of aromatic nitrogens is 1. The van der Waals surface area contributed by atoms with E-state index in [0.717, 1.165) is 25.7 Å². The molecule has 5 nitrogen and oxygen atoms in total. The summed E-state index contributed by atoms with van der Waals surface area (Å²) in [5.41, 5.74) is 9.89. The molecule has 0 spiro atoms. The third-order valence-corrected chi connectivity index (χ3v) is 9.49. The van der Waals surface area contributed by atoms with E-state index in [1.54, 1.807) is 0 Å². The number of primary amides is 1. The zero-order valence-electron chi connectivity index (χ0n) is 19.9. The predicted molar refractivity (Wildman–Crippen MR) is 128 cm³/mol. The lowest BCUT2D eigenvalue weighted by Crippen LogP contribution is -2.50. The number of ether oxygens (including phenoxy) is 1. The standard InChI is InChI=1S/C28H36N2O3/c1-27-13-11-20(33-26(32)10-9-25(29)31)16-19(27)5-6-21-23-8-7-22(18-4-3-15-30-17-18)28(23,2)14-12-24(21)27/h3-5,7,15,17,20-21,23-24H,6,8-14,16H2,1-2H3,(H2,29,31)/t20?,21-,23?,24-,27-,28+/m0/s1. The number of nitrogens with two attached hydrogens (primary N) is 1. The van der Waals surface area contributed by atoms with Gasteiger partial charge in [0, 0.05) is 25.2 Å². The van der Waals surface area contributed by atoms with Gasteiger partial charge in [0.25, 0.3) is 0 Å². The number of nitrogens with zero attached hydrogens (tertiary/aromatic N) is 1. The maximum Gasteiger partial charge on any atom is 0.306 e. The van der Waals surface area contributed by atoms with E-state index < -0.39 is 5.91 Å². The molecule has 0 aliphatic heterocycles. The minimum absolute atomic E-state index is 0.0605. The third-order valence-electron chi connectivity index (χ3n) is 9.49. The Morgan fingerprint density at radius 1 is 1.09 bits per heavy atom. The van der Waals surface area contributed by atoms with Gasteiger partial charge >= 0.3 is 5.97 Å². The van der Waals surface area contributed by atoms with Gasteiger partial charge < -0.3 is 10.5 Å². The summed E-state index contributed by atoms with van der Waals surface area (Å²) in [4.78, 5) is 27.5. The van der Waals surface area contributed by atoms with Crippen molar-refractivity contribution in [2.24, 2.45) is 34.3 Å². The SMILES string of the molecule is C[C@]12CCC(OC(=O)CCC(N)=O)CC1=CC[C@H]1C3CC=C(c4cccnc4)[C@@]3(C)CC[C@@H]12. The van der Waals surface area contributed by atoms with Gasteiger partial charge in [-0.15, -0.1) is 0 Å². The Morgan fingerprint density at radius 2 is 1.91 bits per heavy atom. The highest BCUT2D eigenvalue weighted by Crippen LogP contribution is 2.66. The first kappa shape index (κ1) is 22.4. The van der Waals surface area contributed by atoms with E-state index in [4.69, 9.17) is 10.5 Å². The molecule has 2 saturated carbocycles. The zero-order chi connectivity index (χ0) is 23.2. The second kappa shape index (κ2) is 8.41. The fourth-order valence-electron chi connectivity index (χ4n) is 7.74. The Balaban J connectivity index is 1.30. The number of hydrogen-bond donors (Lipinski definition) is 1. The van der Waals surface area contributed by atoms with Crippen molar-refractivity contribution in [1.82, 2.24) is 4.98 Å². The molecule has 0 saturated heterocycles. The number of carbonyl (C=O) groups excluding carboxylic acids is 2. The lowest BCUT2D eigenvalue weighted by atomic mass is 9.47. The number of rotatable bonds is 5. The molecule has 1 amide bonds. The Hall–Kier alpha value is -2.43. The number of esters is 1. The molecule has 1 aromatic heterocycles. The Labute approximate surface area is 196 Å². The van der Waals surface area contributed by atoms with E-state index >= 15 is 0 Å². The highest BCUT2D eigenvalue weighted by atomic mass is 16.5. The van der Waals surface area contributed by atoms with Crippen LogP contribution in [0.5, 0.6) is 0 Å². The first-order valence-corrected chi connectivity index (χ1v) is 12.6. The van der Waals surface area contributed by atoms with Crippen LogP contribution in [0.4, 0.5) is 0 Å². The van der Waals surface area contributed by atoms with Gasteiger partial charge in [0.15, 0.2) is 0 Å². The summed E-state index contributed by atoms with van der Waals surface area (Å²) in [6, 6.07) is 4.26. The van der Waals surface area contributed by atoms with E-state index in [9.17, 15) is 9.59 Å². The molecule has 5 heteroatoms. The van der Waals surface area contributed by atoms with Crippen LogP contribution in [0.25, 0.3) is 5.57 Å². The number of pyridine rings is 1. The fraction of sp³-hybridized carbons (Fsp3) is 0.607. The molecule has 4 aliphatic carbocycles. The van der Waals surface area contributed by atoms with E-state index in [0.29, 0.717) is 17.8 Å². The summed E-state index contributed by atoms with van der Waals surface area (Å²) in [6.45, 7) is 4.96. The molecule has 2 unspecified atom stereocenters. The van der Waals surface area contributed by atoms with Crippen molar-refractivity contribution >= 4 is 17.4 Å². The monoisotopic (exact) mass is 448 g/mol. The molecular formula is C28H36N2O3. The van der Waals surface area contributed by atoms with Crippen molar-refractivity contribution < 1.29 is 14.3 Å². The van der Waals surface area contributed by atoms with Gasteiger partial charge in [-0.2, -0.15) is 0 Å². The molecule has 0 radical (unpaired) electrons. The highest BCUT2D eigenvalue weighted by Gasteiger charge is 2.57. The Morgan fingerprint density at radius 3 is 2.67 bits per heavy atom. The minimum Gasteiger partial charge on any atom is -0.462 e. The van der Waals surface area contributed by atoms with Crippen LogP contribution in [0.1, 0.15) is 77.2 Å². The predicted octanol–water partition coefficient (Wildman–Crippen LogP) is 5.22. The third kappa shape index (κ3) is 3.83. The lowest BCUT2D eigenvalue weighted by Gasteiger charge is -2.57. The maximum absolute atomic E-state index is 12.1. The molecule has 33 heavy (non-hydrogen) atoms. The molecule has 2 fully saturated rings. The topological polar surface area (TPSA) is 82.3 Å². The van der Waals surface area contributed by atoms with Gasteiger partial charge in [0.2, 0.25) is 5.91 Å². The van der Waals surface area contributed by atoms with Crippen molar-refractivity contribution in [3.05, 3.63) is 47.8 Å². The molecule has 0 aromatic carbocycles. The highest BCUT2D eigenvalue weighted by molar-refractivity contribution is 5.80. The van der Waals surface area contributed by atoms with Crippen molar-refractivity contribution in [3.8, 4) is 0 Å². The lowest BCUT2D eigenvalue weighted by molar-refractivity contribution is -0.152. The van der Waals surface area contributed by atoms with Crippen LogP contribution in [0.2, 0.25) is 0 Å². The maximum atomic E-state index is 12.1. The number of fused-ring (bicyclic) bond motifs is 5. The fourth-order valence-corrected chi connectivity index (χ4v) is 7.74. The van der Waals surface area contributed by atoms with Crippen LogP contribution in [0.3, 0.4) is 0 Å². The summed E-state index contributed by atoms with van der Waals surface area (Å²) in [7, 11) is 0. The molecule has 5 rings (SSSR count). The average Bonchev–Trinajstić information content (AvgIpc) is 3.16. The molecule has 176 valence electrons. The molecular weight excluding hydrogens is 412 g/mol. The van der Waals surface area contributed by atoms with Crippen LogP contribution < -0.4 is 5.73 Å². The summed E-state index contributed by atoms with van der Waals surface area (Å²) in [6.07, 6.45) is 16.5. The van der Waals surface area contributed by atoms with Gasteiger partial charge in [0.05, 0.1) is 6.42 Å². The molecule has 2 N–H and O–H groups in total. The minimum atomic E-state index is -0.457. The Kier molecular flexibility index (Phi) is 5.70. The number of allylic oxidation sites excluding steroid dienone is 3. The van der Waals surface area contributed by atoms with Gasteiger partial charge in [-0.05, 0) is 84.3 Å². The summed E-state index contributed by atoms with van der Waals surface area (Å²) >= 11 is 0. The molecule has 6 atom stereocenters. The van der Waals surface area contributed by atoms with Crippen molar-refractivity contribution in [2.75, 3.05) is 0 Å². The van der Waals surface area contributed by atoms with Crippen LogP contribution in [0.15, 0.2) is 42.3 Å². The van der Waals surface area contributed by atoms with Crippen molar-refractivity contribution in [1.29, 1.82) is 0 Å². The summed E-state index contributed by atoms with van der Waals surface area (Å²) in [5, 5.41) is 0. The smallest absolute Gasteiger partial charge is 0.306 e. The van der Waals surface area contributed by atoms with Gasteiger partial charge in [-0.25, -0.2) is 0 Å². The normalized spacial score (nSPS) is 37.2. The van der Waals surface area contributed by atoms with Crippen LogP contribution in [-0.4, -0.2) is 23.0 Å². The van der Waals surface area contributed by atoms with Crippen molar-refractivity contribution in [3.63, 3.8) is 0 Å². The number of amides is 1. The first-order chi connectivity index (χ1) is 15.8. The van der Waals surface area contributed by atoms with Gasteiger partial charge in [-0.1, -0.05) is 37.6 Å². The largest absolute Gasteiger partial charge is 0.462 e. The quantitative estimate of drug-likeness (QED) is 0.495. The molecule has 0 bridgehead atoms. The van der Waals surface area contributed by atoms with Crippen LogP contribution in [-0.2, 0) is 14.3 Å². The van der Waals surface area contributed by atoms with E-state index in [1.165, 1.54) is 36.0 Å². The zero-order valence-corrected chi connectivity index (χ0v) is 19.9. The summed E-state index contributed by atoms with van der Waals surface area (Å²) < 4.78 is 5.72. The van der Waals surface area contributed by atoms with E-state index in [1.807, 2.05) is 18.5 Å². The van der Waals surface area contributed by atoms with E-state index in [-0.39, 0.29) is 35.7 Å². The molecule has 1 aromatic rings. The average molecular weight is 449 g/mol.